The predicted molar refractivity (Wildman–Crippen MR) is 58.6 cm³/mol. The second kappa shape index (κ2) is 4.86. The van der Waals surface area contributed by atoms with Gasteiger partial charge >= 0.3 is 12.4 Å². The number of alkyl halides is 6. The Morgan fingerprint density at radius 3 is 1.71 bits per heavy atom. The van der Waals surface area contributed by atoms with Crippen molar-refractivity contribution in [1.29, 1.82) is 0 Å². The number of nitro groups is 1. The molecule has 4 nitrogen and oxygen atoms in total. The van der Waals surface area contributed by atoms with Crippen molar-refractivity contribution < 1.29 is 36.4 Å². The van der Waals surface area contributed by atoms with Crippen molar-refractivity contribution in [1.82, 2.24) is 0 Å². The Hall–Kier alpha value is -1.84. The van der Waals surface area contributed by atoms with Crippen LogP contribution in [0.15, 0.2) is 12.1 Å². The van der Waals surface area contributed by atoms with Crippen molar-refractivity contribution in [3.63, 3.8) is 0 Å². The summed E-state index contributed by atoms with van der Waals surface area (Å²) in [5.41, 5.74) is -8.55. The van der Waals surface area contributed by atoms with Gasteiger partial charge in [-0.2, -0.15) is 26.3 Å². The molecule has 0 unspecified atom stereocenters. The van der Waals surface area contributed by atoms with Crippen LogP contribution in [-0.4, -0.2) is 22.4 Å². The quantitative estimate of drug-likeness (QED) is 0.516. The number of nitrogens with zero attached hydrogens (tertiary/aromatic N) is 1. The molecule has 0 saturated carbocycles. The predicted octanol–water partition coefficient (Wildman–Crippen LogP) is 3.52. The maximum Gasteiger partial charge on any atom is 0.430 e. The highest BCUT2D eigenvalue weighted by Gasteiger charge is 2.73. The molecule has 1 N–H and O–H groups in total. The lowest BCUT2D eigenvalue weighted by Crippen LogP contribution is -2.54. The zero-order chi connectivity index (χ0) is 16.8. The fourth-order valence-corrected chi connectivity index (χ4v) is 1.71. The van der Waals surface area contributed by atoms with Gasteiger partial charge in [0, 0.05) is 6.07 Å². The van der Waals surface area contributed by atoms with Crippen LogP contribution in [0.1, 0.15) is 16.7 Å². The Morgan fingerprint density at radius 1 is 1.00 bits per heavy atom. The number of aliphatic hydroxyl groups is 1. The standard InChI is InChI=1S/C11H9F6NO3/c1-5-3-7(8(18(20)21)4-6(5)2)9(19,10(12,13)14)11(15,16)17/h3-4,19H,1-2H3. The normalized spacial score (nSPS) is 13.4. The molecule has 0 aliphatic rings. The van der Waals surface area contributed by atoms with E-state index in [0.29, 0.717) is 12.1 Å². The van der Waals surface area contributed by atoms with E-state index in [-0.39, 0.29) is 11.1 Å². The molecule has 1 aromatic carbocycles. The molecule has 10 heteroatoms. The molecule has 0 amide bonds. The zero-order valence-electron chi connectivity index (χ0n) is 10.6. The molecule has 118 valence electrons. The number of aryl methyl sites for hydroxylation is 2. The lowest BCUT2D eigenvalue weighted by molar-refractivity contribution is -0.401. The molecular weight excluding hydrogens is 308 g/mol. The van der Waals surface area contributed by atoms with Crippen LogP contribution in [0.25, 0.3) is 0 Å². The smallest absolute Gasteiger partial charge is 0.369 e. The molecule has 0 saturated heterocycles. The van der Waals surface area contributed by atoms with Gasteiger partial charge in [-0.3, -0.25) is 10.1 Å². The first kappa shape index (κ1) is 17.2. The van der Waals surface area contributed by atoms with Gasteiger partial charge in [-0.1, -0.05) is 0 Å². The van der Waals surface area contributed by atoms with Gasteiger partial charge in [0.2, 0.25) is 0 Å². The number of hydrogen-bond acceptors (Lipinski definition) is 3. The third-order valence-corrected chi connectivity index (χ3v) is 3.02. The maximum atomic E-state index is 12.8. The molecular formula is C11H9F6NO3. The molecule has 1 aromatic rings. The molecule has 0 aliphatic carbocycles. The van der Waals surface area contributed by atoms with Crippen LogP contribution in [0.5, 0.6) is 0 Å². The largest absolute Gasteiger partial charge is 0.430 e. The number of halogens is 6. The highest BCUT2D eigenvalue weighted by molar-refractivity contribution is 5.51. The van der Waals surface area contributed by atoms with Gasteiger partial charge in [-0.15, -0.1) is 0 Å². The minimum absolute atomic E-state index is 0.0532. The van der Waals surface area contributed by atoms with E-state index in [1.54, 1.807) is 0 Å². The monoisotopic (exact) mass is 317 g/mol. The second-order valence-electron chi connectivity index (χ2n) is 4.42. The van der Waals surface area contributed by atoms with Gasteiger partial charge in [0.1, 0.15) is 0 Å². The molecule has 0 spiro atoms. The van der Waals surface area contributed by atoms with Crippen molar-refractivity contribution in [2.75, 3.05) is 0 Å². The van der Waals surface area contributed by atoms with Crippen LogP contribution in [0.4, 0.5) is 32.0 Å². The summed E-state index contributed by atoms with van der Waals surface area (Å²) >= 11 is 0. The average molecular weight is 317 g/mol. The van der Waals surface area contributed by atoms with Crippen molar-refractivity contribution in [2.45, 2.75) is 31.8 Å². The number of benzene rings is 1. The average Bonchev–Trinajstić information content (AvgIpc) is 2.27. The summed E-state index contributed by atoms with van der Waals surface area (Å²) in [5, 5.41) is 20.0. The molecule has 21 heavy (non-hydrogen) atoms. The summed E-state index contributed by atoms with van der Waals surface area (Å²) in [7, 11) is 0. The van der Waals surface area contributed by atoms with Crippen LogP contribution in [0, 0.1) is 24.0 Å². The third kappa shape index (κ3) is 2.67. The molecule has 0 fully saturated rings. The topological polar surface area (TPSA) is 63.4 Å². The number of nitro benzene ring substituents is 1. The third-order valence-electron chi connectivity index (χ3n) is 3.02. The summed E-state index contributed by atoms with van der Waals surface area (Å²) in [4.78, 5) is 9.35. The molecule has 0 aromatic heterocycles. The maximum absolute atomic E-state index is 12.8. The molecule has 0 aliphatic heterocycles. The van der Waals surface area contributed by atoms with E-state index in [9.17, 15) is 41.6 Å². The van der Waals surface area contributed by atoms with Crippen LogP contribution in [0.3, 0.4) is 0 Å². The Balaban J connectivity index is 3.84. The van der Waals surface area contributed by atoms with Crippen LogP contribution < -0.4 is 0 Å². The van der Waals surface area contributed by atoms with Crippen LogP contribution in [-0.2, 0) is 5.60 Å². The minimum atomic E-state index is -6.17. The fraction of sp³-hybridized carbons (Fsp3) is 0.455. The van der Waals surface area contributed by atoms with E-state index in [4.69, 9.17) is 0 Å². The van der Waals surface area contributed by atoms with Gasteiger partial charge in [0.05, 0.1) is 10.5 Å². The van der Waals surface area contributed by atoms with E-state index in [1.165, 1.54) is 13.8 Å². The van der Waals surface area contributed by atoms with Crippen molar-refractivity contribution in [3.05, 3.63) is 38.9 Å². The van der Waals surface area contributed by atoms with Gasteiger partial charge in [-0.25, -0.2) is 0 Å². The lowest BCUT2D eigenvalue weighted by atomic mass is 9.88. The van der Waals surface area contributed by atoms with Gasteiger partial charge in [0.25, 0.3) is 11.3 Å². The van der Waals surface area contributed by atoms with Crippen LogP contribution >= 0.6 is 0 Å². The first-order chi connectivity index (χ1) is 9.23. The Kier molecular flexibility index (Phi) is 3.99. The van der Waals surface area contributed by atoms with Crippen molar-refractivity contribution in [2.24, 2.45) is 0 Å². The first-order valence-electron chi connectivity index (χ1n) is 5.35. The van der Waals surface area contributed by atoms with Crippen molar-refractivity contribution in [3.8, 4) is 0 Å². The van der Waals surface area contributed by atoms with E-state index in [1.807, 2.05) is 0 Å². The molecule has 0 atom stereocenters. The Labute approximate surface area is 114 Å². The summed E-state index contributed by atoms with van der Waals surface area (Å²) in [6, 6.07) is 0.890. The summed E-state index contributed by atoms with van der Waals surface area (Å²) in [6.07, 6.45) is -12.3. The minimum Gasteiger partial charge on any atom is -0.369 e. The Bertz CT molecular complexity index is 565. The number of hydrogen-bond donors (Lipinski definition) is 1. The SMILES string of the molecule is Cc1cc([N+](=O)[O-])c(C(O)(C(F)(F)F)C(F)(F)F)cc1C. The van der Waals surface area contributed by atoms with E-state index in [2.05, 4.69) is 0 Å². The van der Waals surface area contributed by atoms with Gasteiger partial charge in [-0.05, 0) is 31.0 Å². The van der Waals surface area contributed by atoms with E-state index < -0.39 is 34.1 Å². The van der Waals surface area contributed by atoms with Gasteiger partial charge < -0.3 is 5.11 Å². The fourth-order valence-electron chi connectivity index (χ4n) is 1.71. The van der Waals surface area contributed by atoms with E-state index in [0.717, 1.165) is 0 Å². The lowest BCUT2D eigenvalue weighted by Gasteiger charge is -2.32. The van der Waals surface area contributed by atoms with Gasteiger partial charge in [0.15, 0.2) is 0 Å². The molecule has 0 radical (unpaired) electrons. The highest BCUT2D eigenvalue weighted by Crippen LogP contribution is 2.52. The van der Waals surface area contributed by atoms with E-state index >= 15 is 0 Å². The molecule has 0 bridgehead atoms. The number of rotatable bonds is 2. The Morgan fingerprint density at radius 2 is 1.38 bits per heavy atom. The summed E-state index contributed by atoms with van der Waals surface area (Å²) < 4.78 is 76.6. The molecule has 1 rings (SSSR count). The first-order valence-corrected chi connectivity index (χ1v) is 5.35. The summed E-state index contributed by atoms with van der Waals surface area (Å²) in [6.45, 7) is 2.46. The summed E-state index contributed by atoms with van der Waals surface area (Å²) in [5.74, 6) is 0. The second-order valence-corrected chi connectivity index (χ2v) is 4.42. The van der Waals surface area contributed by atoms with Crippen molar-refractivity contribution >= 4 is 5.69 Å². The molecule has 0 heterocycles. The highest BCUT2D eigenvalue weighted by atomic mass is 19.4. The zero-order valence-corrected chi connectivity index (χ0v) is 10.6. The van der Waals surface area contributed by atoms with Crippen LogP contribution in [0.2, 0.25) is 0 Å².